The first-order valence-corrected chi connectivity index (χ1v) is 5.43. The molecule has 0 aliphatic carbocycles. The van der Waals surface area contributed by atoms with Crippen molar-refractivity contribution in [3.63, 3.8) is 0 Å². The summed E-state index contributed by atoms with van der Waals surface area (Å²) in [6, 6.07) is 2.32. The Bertz CT molecular complexity index is 231. The van der Waals surface area contributed by atoms with Crippen LogP contribution in [0.3, 0.4) is 0 Å². The van der Waals surface area contributed by atoms with Gasteiger partial charge in [-0.1, -0.05) is 6.92 Å². The Hall–Kier alpha value is -0.590. The molecule has 1 N–H and O–H groups in total. The van der Waals surface area contributed by atoms with Crippen molar-refractivity contribution in [2.24, 2.45) is 5.92 Å². The first-order chi connectivity index (χ1) is 6.77. The van der Waals surface area contributed by atoms with Gasteiger partial charge in [0.15, 0.2) is 0 Å². The SMILES string of the molecule is [CH2]C1CCN(C2(CC#N)CNC2)CC1. The predicted octanol–water partition coefficient (Wildman–Crippen LogP) is 0.788. The molecule has 2 rings (SSSR count). The van der Waals surface area contributed by atoms with Gasteiger partial charge in [-0.15, -0.1) is 0 Å². The first kappa shape index (κ1) is 9.95. The summed E-state index contributed by atoms with van der Waals surface area (Å²) in [5, 5.41) is 12.1. The van der Waals surface area contributed by atoms with Crippen molar-refractivity contribution in [2.75, 3.05) is 26.2 Å². The van der Waals surface area contributed by atoms with Crippen LogP contribution in [0.15, 0.2) is 0 Å². The fourth-order valence-corrected chi connectivity index (χ4v) is 2.43. The Kier molecular flexibility index (Phi) is 2.76. The summed E-state index contributed by atoms with van der Waals surface area (Å²) in [5.41, 5.74) is 0.162. The average Bonchev–Trinajstić information content (AvgIpc) is 2.13. The fraction of sp³-hybridized carbons (Fsp3) is 0.818. The molecule has 77 valence electrons. The van der Waals surface area contributed by atoms with Crippen molar-refractivity contribution in [2.45, 2.75) is 24.8 Å². The minimum Gasteiger partial charge on any atom is -0.313 e. The summed E-state index contributed by atoms with van der Waals surface area (Å²) in [6.45, 7) is 8.32. The standard InChI is InChI=1S/C11H18N3/c1-10-2-6-14(7-3-10)11(4-5-12)8-13-9-11/h10,13H,1-4,6-9H2. The van der Waals surface area contributed by atoms with Crippen LogP contribution in [0, 0.1) is 24.2 Å². The Morgan fingerprint density at radius 2 is 2.07 bits per heavy atom. The lowest BCUT2D eigenvalue weighted by Crippen LogP contribution is -2.69. The number of nitriles is 1. The van der Waals surface area contributed by atoms with E-state index in [1.807, 2.05) is 0 Å². The molecule has 2 aliphatic heterocycles. The summed E-state index contributed by atoms with van der Waals surface area (Å²) < 4.78 is 0. The summed E-state index contributed by atoms with van der Waals surface area (Å²) in [4.78, 5) is 2.49. The molecule has 0 aromatic carbocycles. The molecule has 0 bridgehead atoms. The number of nitrogens with zero attached hydrogens (tertiary/aromatic N) is 2. The number of rotatable bonds is 2. The Morgan fingerprint density at radius 3 is 2.50 bits per heavy atom. The second kappa shape index (κ2) is 3.88. The van der Waals surface area contributed by atoms with Crippen molar-refractivity contribution >= 4 is 0 Å². The van der Waals surface area contributed by atoms with Gasteiger partial charge in [0.2, 0.25) is 0 Å². The van der Waals surface area contributed by atoms with E-state index >= 15 is 0 Å². The number of hydrogen-bond donors (Lipinski definition) is 1. The van der Waals surface area contributed by atoms with Crippen molar-refractivity contribution in [1.82, 2.24) is 10.2 Å². The summed E-state index contributed by atoms with van der Waals surface area (Å²) >= 11 is 0. The van der Waals surface area contributed by atoms with Gasteiger partial charge in [-0.2, -0.15) is 5.26 Å². The highest BCUT2D eigenvalue weighted by molar-refractivity contribution is 5.07. The molecule has 0 unspecified atom stereocenters. The maximum atomic E-state index is 8.83. The van der Waals surface area contributed by atoms with E-state index in [0.717, 1.165) is 26.2 Å². The van der Waals surface area contributed by atoms with Gasteiger partial charge in [0.1, 0.15) is 0 Å². The molecule has 0 aromatic rings. The third-order valence-electron chi connectivity index (χ3n) is 3.60. The van der Waals surface area contributed by atoms with Crippen molar-refractivity contribution in [1.29, 1.82) is 5.26 Å². The molecule has 3 nitrogen and oxygen atoms in total. The van der Waals surface area contributed by atoms with E-state index in [2.05, 4.69) is 23.2 Å². The van der Waals surface area contributed by atoms with Crippen LogP contribution in [0.1, 0.15) is 19.3 Å². The molecule has 0 spiro atoms. The molecule has 2 saturated heterocycles. The first-order valence-electron chi connectivity index (χ1n) is 5.43. The van der Waals surface area contributed by atoms with E-state index < -0.39 is 0 Å². The highest BCUT2D eigenvalue weighted by Gasteiger charge is 2.42. The minimum atomic E-state index is 0.162. The molecule has 2 fully saturated rings. The Labute approximate surface area is 86.1 Å². The molecular formula is C11H18N3. The summed E-state index contributed by atoms with van der Waals surface area (Å²) in [7, 11) is 0. The zero-order valence-electron chi connectivity index (χ0n) is 8.63. The van der Waals surface area contributed by atoms with Crippen molar-refractivity contribution < 1.29 is 0 Å². The van der Waals surface area contributed by atoms with Gasteiger partial charge in [-0.05, 0) is 31.8 Å². The molecule has 14 heavy (non-hydrogen) atoms. The molecule has 2 aliphatic rings. The average molecular weight is 192 g/mol. The monoisotopic (exact) mass is 192 g/mol. The van der Waals surface area contributed by atoms with Gasteiger partial charge in [0, 0.05) is 13.1 Å². The lowest BCUT2D eigenvalue weighted by molar-refractivity contribution is 0.0179. The van der Waals surface area contributed by atoms with Gasteiger partial charge < -0.3 is 5.32 Å². The van der Waals surface area contributed by atoms with Crippen LogP contribution in [0.4, 0.5) is 0 Å². The van der Waals surface area contributed by atoms with Crippen LogP contribution in [-0.4, -0.2) is 36.6 Å². The number of nitrogens with one attached hydrogen (secondary N) is 1. The second-order valence-corrected chi connectivity index (χ2v) is 4.59. The maximum absolute atomic E-state index is 8.83. The van der Waals surface area contributed by atoms with Crippen LogP contribution in [0.5, 0.6) is 0 Å². The van der Waals surface area contributed by atoms with E-state index in [1.165, 1.54) is 12.8 Å². The van der Waals surface area contributed by atoms with Crippen LogP contribution >= 0.6 is 0 Å². The largest absolute Gasteiger partial charge is 0.313 e. The van der Waals surface area contributed by atoms with E-state index in [9.17, 15) is 0 Å². The number of piperidine rings is 1. The van der Waals surface area contributed by atoms with Gasteiger partial charge >= 0.3 is 0 Å². The molecule has 2 heterocycles. The second-order valence-electron chi connectivity index (χ2n) is 4.59. The molecule has 0 saturated carbocycles. The van der Waals surface area contributed by atoms with E-state index in [0.29, 0.717) is 12.3 Å². The van der Waals surface area contributed by atoms with Gasteiger partial charge in [-0.25, -0.2) is 0 Å². The molecule has 0 amide bonds. The highest BCUT2D eigenvalue weighted by Crippen LogP contribution is 2.29. The van der Waals surface area contributed by atoms with Crippen molar-refractivity contribution in [3.8, 4) is 6.07 Å². The molecule has 0 atom stereocenters. The zero-order chi connectivity index (χ0) is 10.0. The van der Waals surface area contributed by atoms with E-state index in [4.69, 9.17) is 5.26 Å². The third-order valence-corrected chi connectivity index (χ3v) is 3.60. The third kappa shape index (κ3) is 1.65. The van der Waals surface area contributed by atoms with Crippen LogP contribution < -0.4 is 5.32 Å². The highest BCUT2D eigenvalue weighted by atomic mass is 15.3. The normalized spacial score (nSPS) is 28.0. The fourth-order valence-electron chi connectivity index (χ4n) is 2.43. The molecule has 3 heteroatoms. The molecule has 0 aromatic heterocycles. The number of likely N-dealkylation sites (tertiary alicyclic amines) is 1. The van der Waals surface area contributed by atoms with E-state index in [-0.39, 0.29) is 5.54 Å². The van der Waals surface area contributed by atoms with Gasteiger partial charge in [0.05, 0.1) is 18.0 Å². The minimum absolute atomic E-state index is 0.162. The summed E-state index contributed by atoms with van der Waals surface area (Å²) in [5.74, 6) is 0.624. The van der Waals surface area contributed by atoms with E-state index in [1.54, 1.807) is 0 Å². The van der Waals surface area contributed by atoms with Gasteiger partial charge in [-0.3, -0.25) is 4.90 Å². The Morgan fingerprint density at radius 1 is 1.43 bits per heavy atom. The lowest BCUT2D eigenvalue weighted by Gasteiger charge is -2.51. The lowest BCUT2D eigenvalue weighted by atomic mass is 9.84. The molecular weight excluding hydrogens is 174 g/mol. The van der Waals surface area contributed by atoms with Crippen molar-refractivity contribution in [3.05, 3.63) is 6.92 Å². The Balaban J connectivity index is 1.96. The maximum Gasteiger partial charge on any atom is 0.0642 e. The smallest absolute Gasteiger partial charge is 0.0642 e. The van der Waals surface area contributed by atoms with Crippen LogP contribution in [-0.2, 0) is 0 Å². The van der Waals surface area contributed by atoms with Crippen LogP contribution in [0.25, 0.3) is 0 Å². The molecule has 1 radical (unpaired) electrons. The zero-order valence-corrected chi connectivity index (χ0v) is 8.63. The van der Waals surface area contributed by atoms with Crippen LogP contribution in [0.2, 0.25) is 0 Å². The predicted molar refractivity (Wildman–Crippen MR) is 55.5 cm³/mol. The summed E-state index contributed by atoms with van der Waals surface area (Å²) in [6.07, 6.45) is 3.04. The topological polar surface area (TPSA) is 39.1 Å². The van der Waals surface area contributed by atoms with Gasteiger partial charge in [0.25, 0.3) is 0 Å². The number of hydrogen-bond acceptors (Lipinski definition) is 3. The quantitative estimate of drug-likeness (QED) is 0.703.